The van der Waals surface area contributed by atoms with E-state index in [9.17, 15) is 8.78 Å². The van der Waals surface area contributed by atoms with Gasteiger partial charge in [-0.3, -0.25) is 0 Å². The van der Waals surface area contributed by atoms with Crippen LogP contribution in [0.5, 0.6) is 0 Å². The number of nitrogens with one attached hydrogen (secondary N) is 1. The van der Waals surface area contributed by atoms with Gasteiger partial charge in [0.25, 0.3) is 0 Å². The van der Waals surface area contributed by atoms with Gasteiger partial charge in [-0.25, -0.2) is 4.68 Å². The van der Waals surface area contributed by atoms with E-state index < -0.39 is 6.55 Å². The Hall–Kier alpha value is -1.50. The molecular formula is C16H18ClF2N3O. The number of hydrogen-bond acceptors (Lipinski definition) is 3. The second-order valence-electron chi connectivity index (χ2n) is 5.82. The predicted octanol–water partition coefficient (Wildman–Crippen LogP) is 3.69. The SMILES string of the molecule is Cl.FC(F)n1cc(-c2ccc3c(c2)CO[C@H]2CCCN[C@@H]32)cn1. The predicted molar refractivity (Wildman–Crippen MR) is 84.7 cm³/mol. The molecule has 0 spiro atoms. The molecule has 2 atom stereocenters. The van der Waals surface area contributed by atoms with Crippen LogP contribution in [0.3, 0.4) is 0 Å². The molecule has 0 saturated carbocycles. The Morgan fingerprint density at radius 2 is 2.17 bits per heavy atom. The normalized spacial score (nSPS) is 23.1. The lowest BCUT2D eigenvalue weighted by atomic mass is 9.88. The lowest BCUT2D eigenvalue weighted by Crippen LogP contribution is -2.42. The van der Waals surface area contributed by atoms with Crippen LogP contribution in [0.15, 0.2) is 30.6 Å². The number of aromatic nitrogens is 2. The van der Waals surface area contributed by atoms with Gasteiger partial charge in [0.1, 0.15) is 0 Å². The highest BCUT2D eigenvalue weighted by molar-refractivity contribution is 5.85. The minimum absolute atomic E-state index is 0. The topological polar surface area (TPSA) is 39.1 Å². The van der Waals surface area contributed by atoms with Crippen LogP contribution >= 0.6 is 12.4 Å². The summed E-state index contributed by atoms with van der Waals surface area (Å²) >= 11 is 0. The zero-order valence-corrected chi connectivity index (χ0v) is 13.2. The zero-order chi connectivity index (χ0) is 15.1. The second-order valence-corrected chi connectivity index (χ2v) is 5.82. The van der Waals surface area contributed by atoms with Crippen molar-refractivity contribution in [2.45, 2.75) is 38.1 Å². The van der Waals surface area contributed by atoms with Crippen LogP contribution in [0.4, 0.5) is 8.78 Å². The van der Waals surface area contributed by atoms with Gasteiger partial charge in [-0.15, -0.1) is 12.4 Å². The maximum absolute atomic E-state index is 12.6. The molecular weight excluding hydrogens is 324 g/mol. The van der Waals surface area contributed by atoms with Crippen molar-refractivity contribution in [3.05, 3.63) is 41.7 Å². The minimum Gasteiger partial charge on any atom is -0.372 e. The Kier molecular flexibility index (Phi) is 4.66. The van der Waals surface area contributed by atoms with Gasteiger partial charge in [-0.2, -0.15) is 13.9 Å². The third kappa shape index (κ3) is 2.98. The van der Waals surface area contributed by atoms with Gasteiger partial charge in [0.05, 0.1) is 24.9 Å². The third-order valence-electron chi connectivity index (χ3n) is 4.47. The van der Waals surface area contributed by atoms with E-state index in [0.29, 0.717) is 16.9 Å². The van der Waals surface area contributed by atoms with Crippen molar-refractivity contribution in [3.63, 3.8) is 0 Å². The van der Waals surface area contributed by atoms with E-state index in [1.165, 1.54) is 18.0 Å². The van der Waals surface area contributed by atoms with Crippen LogP contribution < -0.4 is 5.32 Å². The standard InChI is InChI=1S/C16H17F2N3O.ClH/c17-16(18)21-8-12(7-20-21)10-3-4-13-11(6-10)9-22-14-2-1-5-19-15(13)14;/h3-4,6-8,14-16,19H,1-2,5,9H2;1H/t14-,15-;/m0./s1. The molecule has 0 bridgehead atoms. The number of rotatable bonds is 2. The van der Waals surface area contributed by atoms with Crippen molar-refractivity contribution in [1.82, 2.24) is 15.1 Å². The van der Waals surface area contributed by atoms with Crippen LogP contribution in [0.1, 0.15) is 36.6 Å². The van der Waals surface area contributed by atoms with E-state index >= 15 is 0 Å². The Morgan fingerprint density at radius 1 is 1.30 bits per heavy atom. The summed E-state index contributed by atoms with van der Waals surface area (Å²) in [5.74, 6) is 0. The van der Waals surface area contributed by atoms with Gasteiger partial charge in [0.15, 0.2) is 0 Å². The molecule has 2 aliphatic rings. The van der Waals surface area contributed by atoms with Crippen LogP contribution in [-0.2, 0) is 11.3 Å². The second kappa shape index (κ2) is 6.55. The molecule has 1 aromatic heterocycles. The zero-order valence-electron chi connectivity index (χ0n) is 12.4. The van der Waals surface area contributed by atoms with Gasteiger partial charge in [0, 0.05) is 11.8 Å². The van der Waals surface area contributed by atoms with Gasteiger partial charge >= 0.3 is 6.55 Å². The van der Waals surface area contributed by atoms with Gasteiger partial charge in [-0.05, 0) is 42.1 Å². The highest BCUT2D eigenvalue weighted by Crippen LogP contribution is 2.36. The largest absolute Gasteiger partial charge is 0.372 e. The molecule has 7 heteroatoms. The summed E-state index contributed by atoms with van der Waals surface area (Å²) in [6.07, 6.45) is 5.31. The number of halogens is 3. The molecule has 23 heavy (non-hydrogen) atoms. The van der Waals surface area contributed by atoms with E-state index in [-0.39, 0.29) is 24.6 Å². The number of fused-ring (bicyclic) bond motifs is 3. The summed E-state index contributed by atoms with van der Waals surface area (Å²) in [7, 11) is 0. The summed E-state index contributed by atoms with van der Waals surface area (Å²) < 4.78 is 31.9. The quantitative estimate of drug-likeness (QED) is 0.905. The monoisotopic (exact) mass is 341 g/mol. The Labute approximate surface area is 139 Å². The molecule has 4 rings (SSSR count). The maximum Gasteiger partial charge on any atom is 0.333 e. The molecule has 3 heterocycles. The average Bonchev–Trinajstić information content (AvgIpc) is 3.04. The lowest BCUT2D eigenvalue weighted by molar-refractivity contribution is -0.0177. The molecule has 0 radical (unpaired) electrons. The van der Waals surface area contributed by atoms with Gasteiger partial charge in [0.2, 0.25) is 0 Å². The average molecular weight is 342 g/mol. The summed E-state index contributed by atoms with van der Waals surface area (Å²) in [5, 5.41) is 7.21. The maximum atomic E-state index is 12.6. The number of hydrogen-bond donors (Lipinski definition) is 1. The van der Waals surface area contributed by atoms with E-state index in [1.807, 2.05) is 12.1 Å². The number of ether oxygens (including phenoxy) is 1. The molecule has 1 N–H and O–H groups in total. The third-order valence-corrected chi connectivity index (χ3v) is 4.47. The molecule has 0 amide bonds. The fraction of sp³-hybridized carbons (Fsp3) is 0.438. The molecule has 124 valence electrons. The van der Waals surface area contributed by atoms with Crippen LogP contribution in [0.2, 0.25) is 0 Å². The van der Waals surface area contributed by atoms with Crippen LogP contribution in [0, 0.1) is 0 Å². The van der Waals surface area contributed by atoms with Crippen LogP contribution in [-0.4, -0.2) is 22.4 Å². The highest BCUT2D eigenvalue weighted by atomic mass is 35.5. The van der Waals surface area contributed by atoms with E-state index in [1.54, 1.807) is 0 Å². The van der Waals surface area contributed by atoms with Crippen molar-refractivity contribution in [1.29, 1.82) is 0 Å². The van der Waals surface area contributed by atoms with Crippen molar-refractivity contribution in [3.8, 4) is 11.1 Å². The Balaban J connectivity index is 0.00000156. The van der Waals surface area contributed by atoms with Crippen molar-refractivity contribution < 1.29 is 13.5 Å². The van der Waals surface area contributed by atoms with Gasteiger partial charge in [-0.1, -0.05) is 12.1 Å². The van der Waals surface area contributed by atoms with E-state index in [4.69, 9.17) is 4.74 Å². The molecule has 4 nitrogen and oxygen atoms in total. The van der Waals surface area contributed by atoms with E-state index in [0.717, 1.165) is 30.5 Å². The molecule has 1 fully saturated rings. The number of piperidine rings is 1. The summed E-state index contributed by atoms with van der Waals surface area (Å²) in [6, 6.07) is 6.33. The van der Waals surface area contributed by atoms with Crippen molar-refractivity contribution in [2.24, 2.45) is 0 Å². The Morgan fingerprint density at radius 3 is 2.96 bits per heavy atom. The molecule has 2 aromatic rings. The molecule has 0 unspecified atom stereocenters. The first kappa shape index (κ1) is 16.4. The molecule has 2 aliphatic heterocycles. The number of nitrogens with zero attached hydrogens (tertiary/aromatic N) is 2. The first-order valence-corrected chi connectivity index (χ1v) is 7.53. The number of alkyl halides is 2. The highest BCUT2D eigenvalue weighted by Gasteiger charge is 2.32. The molecule has 0 aliphatic carbocycles. The molecule has 1 aromatic carbocycles. The van der Waals surface area contributed by atoms with Crippen molar-refractivity contribution >= 4 is 12.4 Å². The number of benzene rings is 1. The summed E-state index contributed by atoms with van der Waals surface area (Å²) in [5.41, 5.74) is 3.98. The Bertz CT molecular complexity index is 692. The first-order valence-electron chi connectivity index (χ1n) is 7.53. The minimum atomic E-state index is -2.61. The van der Waals surface area contributed by atoms with Gasteiger partial charge < -0.3 is 10.1 Å². The fourth-order valence-corrected chi connectivity index (χ4v) is 3.35. The molecule has 1 saturated heterocycles. The summed E-state index contributed by atoms with van der Waals surface area (Å²) in [4.78, 5) is 0. The smallest absolute Gasteiger partial charge is 0.333 e. The first-order chi connectivity index (χ1) is 10.7. The van der Waals surface area contributed by atoms with Crippen molar-refractivity contribution in [2.75, 3.05) is 6.54 Å². The fourth-order valence-electron chi connectivity index (χ4n) is 3.35. The van der Waals surface area contributed by atoms with Crippen LogP contribution in [0.25, 0.3) is 11.1 Å². The van der Waals surface area contributed by atoms with E-state index in [2.05, 4.69) is 16.5 Å². The summed E-state index contributed by atoms with van der Waals surface area (Å²) in [6.45, 7) is -1.02. The lowest BCUT2D eigenvalue weighted by Gasteiger charge is -2.38.